The molecule has 1 rings (SSSR count). The number of rotatable bonds is 5. The summed E-state index contributed by atoms with van der Waals surface area (Å²) < 4.78 is 0. The van der Waals surface area contributed by atoms with Crippen LogP contribution in [0.2, 0.25) is 0 Å². The van der Waals surface area contributed by atoms with Crippen molar-refractivity contribution in [1.29, 1.82) is 0 Å². The van der Waals surface area contributed by atoms with Gasteiger partial charge in [-0.3, -0.25) is 4.79 Å². The topological polar surface area (TPSA) is 37.3 Å². The van der Waals surface area contributed by atoms with Gasteiger partial charge in [-0.2, -0.15) is 0 Å². The lowest BCUT2D eigenvalue weighted by Gasteiger charge is -2.12. The molecule has 0 saturated heterocycles. The van der Waals surface area contributed by atoms with E-state index in [2.05, 4.69) is 6.92 Å². The molecule has 1 N–H and O–H groups in total. The smallest absolute Gasteiger partial charge is 0.310 e. The van der Waals surface area contributed by atoms with Crippen molar-refractivity contribution in [2.24, 2.45) is 11.3 Å². The second-order valence-corrected chi connectivity index (χ2v) is 4.30. The van der Waals surface area contributed by atoms with E-state index in [0.717, 1.165) is 12.8 Å². The number of hydrogen-bond donors (Lipinski definition) is 1. The van der Waals surface area contributed by atoms with Crippen LogP contribution in [0.25, 0.3) is 0 Å². The molecule has 1 saturated carbocycles. The first-order valence-corrected chi connectivity index (χ1v) is 4.97. The maximum absolute atomic E-state index is 10.9. The molecule has 0 aromatic rings. The molecule has 0 radical (unpaired) electrons. The highest BCUT2D eigenvalue weighted by Crippen LogP contribution is 2.50. The predicted octanol–water partition coefficient (Wildman–Crippen LogP) is 2.84. The minimum atomic E-state index is -0.683. The first-order valence-electron chi connectivity index (χ1n) is 4.97. The molecular formula is C11H18O2. The minimum absolute atomic E-state index is 0.271. The van der Waals surface area contributed by atoms with Crippen LogP contribution in [0.1, 0.15) is 39.5 Å². The van der Waals surface area contributed by atoms with Gasteiger partial charge in [0.25, 0.3) is 0 Å². The Hall–Kier alpha value is -0.790. The van der Waals surface area contributed by atoms with Crippen molar-refractivity contribution >= 4 is 5.97 Å². The third-order valence-corrected chi connectivity index (χ3v) is 2.74. The molecule has 0 bridgehead atoms. The van der Waals surface area contributed by atoms with E-state index in [1.807, 2.05) is 19.1 Å². The van der Waals surface area contributed by atoms with Crippen LogP contribution < -0.4 is 0 Å². The lowest BCUT2D eigenvalue weighted by molar-refractivity contribution is -0.140. The van der Waals surface area contributed by atoms with Crippen molar-refractivity contribution in [3.63, 3.8) is 0 Å². The Morgan fingerprint density at radius 3 is 2.62 bits per heavy atom. The summed E-state index contributed by atoms with van der Waals surface area (Å²) in [5.74, 6) is -0.953. The first kappa shape index (κ1) is 10.3. The Labute approximate surface area is 79.6 Å². The summed E-state index contributed by atoms with van der Waals surface area (Å²) in [6.07, 6.45) is 7.89. The van der Waals surface area contributed by atoms with Gasteiger partial charge in [0, 0.05) is 0 Å². The van der Waals surface area contributed by atoms with Gasteiger partial charge in [-0.25, -0.2) is 0 Å². The number of allylic oxidation sites excluding steroid dienone is 1. The van der Waals surface area contributed by atoms with E-state index in [9.17, 15) is 4.79 Å². The van der Waals surface area contributed by atoms with Gasteiger partial charge in [-0.1, -0.05) is 26.0 Å². The summed E-state index contributed by atoms with van der Waals surface area (Å²) in [6, 6.07) is 0. The molecule has 2 heteroatoms. The van der Waals surface area contributed by atoms with Crippen molar-refractivity contribution in [3.05, 3.63) is 12.2 Å². The quantitative estimate of drug-likeness (QED) is 0.664. The zero-order valence-electron chi connectivity index (χ0n) is 8.42. The van der Waals surface area contributed by atoms with Crippen LogP contribution in [-0.4, -0.2) is 11.1 Å². The highest BCUT2D eigenvalue weighted by Gasteiger charge is 2.40. The Morgan fingerprint density at radius 2 is 2.23 bits per heavy atom. The van der Waals surface area contributed by atoms with Crippen LogP contribution in [0.15, 0.2) is 12.2 Å². The highest BCUT2D eigenvalue weighted by molar-refractivity contribution is 5.72. The van der Waals surface area contributed by atoms with Gasteiger partial charge in [0.2, 0.25) is 0 Å². The Kier molecular flexibility index (Phi) is 3.12. The second kappa shape index (κ2) is 3.95. The lowest BCUT2D eigenvalue weighted by Crippen LogP contribution is -2.14. The molecule has 1 unspecified atom stereocenters. The van der Waals surface area contributed by atoms with Crippen LogP contribution in [0.3, 0.4) is 0 Å². The van der Waals surface area contributed by atoms with Crippen molar-refractivity contribution in [3.8, 4) is 0 Å². The maximum Gasteiger partial charge on any atom is 0.310 e. The average molecular weight is 182 g/mol. The number of aliphatic carboxylic acids is 1. The van der Waals surface area contributed by atoms with Gasteiger partial charge in [0.15, 0.2) is 0 Å². The summed E-state index contributed by atoms with van der Waals surface area (Å²) in [7, 11) is 0. The highest BCUT2D eigenvalue weighted by atomic mass is 16.4. The number of carbonyl (C=O) groups is 1. The lowest BCUT2D eigenvalue weighted by atomic mass is 9.93. The summed E-state index contributed by atoms with van der Waals surface area (Å²) in [4.78, 5) is 10.9. The monoisotopic (exact) mass is 182 g/mol. The molecule has 1 atom stereocenters. The summed E-state index contributed by atoms with van der Waals surface area (Å²) in [5.41, 5.74) is 0.321. The van der Waals surface area contributed by atoms with Crippen molar-refractivity contribution in [2.75, 3.05) is 0 Å². The summed E-state index contributed by atoms with van der Waals surface area (Å²) in [6.45, 7) is 4.19. The van der Waals surface area contributed by atoms with Crippen molar-refractivity contribution < 1.29 is 9.90 Å². The SMILES string of the molecule is CCC=CC(CC1(C)CC1)C(=O)O. The average Bonchev–Trinajstić information content (AvgIpc) is 2.77. The van der Waals surface area contributed by atoms with Gasteiger partial charge < -0.3 is 5.11 Å². The van der Waals surface area contributed by atoms with Gasteiger partial charge >= 0.3 is 5.97 Å². The molecule has 0 aromatic heterocycles. The van der Waals surface area contributed by atoms with E-state index in [4.69, 9.17) is 5.11 Å². The Morgan fingerprint density at radius 1 is 1.62 bits per heavy atom. The molecule has 1 aliphatic carbocycles. The van der Waals surface area contributed by atoms with Gasteiger partial charge in [-0.15, -0.1) is 0 Å². The van der Waals surface area contributed by atoms with Crippen molar-refractivity contribution in [2.45, 2.75) is 39.5 Å². The van der Waals surface area contributed by atoms with Gasteiger partial charge in [0.05, 0.1) is 5.92 Å². The normalized spacial score (nSPS) is 21.7. The van der Waals surface area contributed by atoms with E-state index < -0.39 is 5.97 Å². The maximum atomic E-state index is 10.9. The molecule has 1 aliphatic rings. The second-order valence-electron chi connectivity index (χ2n) is 4.30. The van der Waals surface area contributed by atoms with Gasteiger partial charge in [-0.05, 0) is 31.1 Å². The fourth-order valence-corrected chi connectivity index (χ4v) is 1.49. The molecule has 0 aromatic carbocycles. The first-order chi connectivity index (χ1) is 6.07. The number of carboxylic acids is 1. The van der Waals surface area contributed by atoms with E-state index in [1.165, 1.54) is 12.8 Å². The summed E-state index contributed by atoms with van der Waals surface area (Å²) >= 11 is 0. The summed E-state index contributed by atoms with van der Waals surface area (Å²) in [5, 5.41) is 8.94. The van der Waals surface area contributed by atoms with Crippen LogP contribution in [0.4, 0.5) is 0 Å². The third kappa shape index (κ3) is 3.21. The van der Waals surface area contributed by atoms with E-state index in [-0.39, 0.29) is 5.92 Å². The predicted molar refractivity (Wildman–Crippen MR) is 52.5 cm³/mol. The zero-order valence-corrected chi connectivity index (χ0v) is 8.42. The molecule has 1 fully saturated rings. The molecule has 0 amide bonds. The third-order valence-electron chi connectivity index (χ3n) is 2.74. The molecular weight excluding hydrogens is 164 g/mol. The molecule has 2 nitrogen and oxygen atoms in total. The number of carboxylic acid groups (broad SMARTS) is 1. The molecule has 0 spiro atoms. The van der Waals surface area contributed by atoms with Crippen LogP contribution in [0, 0.1) is 11.3 Å². The minimum Gasteiger partial charge on any atom is -0.481 e. The molecule has 0 aliphatic heterocycles. The van der Waals surface area contributed by atoms with E-state index in [1.54, 1.807) is 0 Å². The van der Waals surface area contributed by atoms with Crippen LogP contribution in [0.5, 0.6) is 0 Å². The fraction of sp³-hybridized carbons (Fsp3) is 0.727. The molecule has 0 heterocycles. The van der Waals surface area contributed by atoms with Crippen molar-refractivity contribution in [1.82, 2.24) is 0 Å². The zero-order chi connectivity index (χ0) is 9.90. The Balaban J connectivity index is 2.47. The van der Waals surface area contributed by atoms with E-state index in [0.29, 0.717) is 5.41 Å². The Bertz CT molecular complexity index is 214. The van der Waals surface area contributed by atoms with Gasteiger partial charge in [0.1, 0.15) is 0 Å². The number of hydrogen-bond acceptors (Lipinski definition) is 1. The fourth-order valence-electron chi connectivity index (χ4n) is 1.49. The largest absolute Gasteiger partial charge is 0.481 e. The van der Waals surface area contributed by atoms with Crippen LogP contribution >= 0.6 is 0 Å². The molecule has 13 heavy (non-hydrogen) atoms. The van der Waals surface area contributed by atoms with E-state index >= 15 is 0 Å². The van der Waals surface area contributed by atoms with Crippen LogP contribution in [-0.2, 0) is 4.79 Å². The standard InChI is InChI=1S/C11H18O2/c1-3-4-5-9(10(12)13)8-11(2)6-7-11/h4-5,9H,3,6-8H2,1-2H3,(H,12,13). The molecule has 74 valence electrons.